The van der Waals surface area contributed by atoms with Crippen molar-refractivity contribution in [2.75, 3.05) is 26.2 Å². The first-order valence-corrected chi connectivity index (χ1v) is 8.05. The fraction of sp³-hybridized carbons (Fsp3) is 0.294. The van der Waals surface area contributed by atoms with Crippen molar-refractivity contribution in [2.24, 2.45) is 0 Å². The molecule has 3 rings (SSSR count). The number of benzene rings is 1. The summed E-state index contributed by atoms with van der Waals surface area (Å²) in [6.45, 7) is 2.79. The molecule has 0 saturated carbocycles. The monoisotopic (exact) mass is 349 g/mol. The summed E-state index contributed by atoms with van der Waals surface area (Å²) >= 11 is 6.06. The van der Waals surface area contributed by atoms with Gasteiger partial charge in [0, 0.05) is 55.6 Å². The first kappa shape index (κ1) is 16.7. The van der Waals surface area contributed by atoms with Crippen LogP contribution in [-0.2, 0) is 6.54 Å². The zero-order chi connectivity index (χ0) is 17.1. The van der Waals surface area contributed by atoms with E-state index in [1.54, 1.807) is 17.0 Å². The Hall–Kier alpha value is -2.18. The van der Waals surface area contributed by atoms with Gasteiger partial charge in [-0.05, 0) is 18.2 Å². The van der Waals surface area contributed by atoms with Gasteiger partial charge in [-0.2, -0.15) is 0 Å². The third-order valence-electron chi connectivity index (χ3n) is 4.13. The summed E-state index contributed by atoms with van der Waals surface area (Å²) in [6, 6.07) is 7.52. The lowest BCUT2D eigenvalue weighted by molar-refractivity contribution is 0.0626. The molecule has 0 spiro atoms. The van der Waals surface area contributed by atoms with Gasteiger partial charge in [0.05, 0.1) is 5.56 Å². The van der Waals surface area contributed by atoms with Crippen molar-refractivity contribution in [3.05, 3.63) is 68.8 Å². The van der Waals surface area contributed by atoms with E-state index >= 15 is 0 Å². The lowest BCUT2D eigenvalue weighted by Gasteiger charge is -2.35. The summed E-state index contributed by atoms with van der Waals surface area (Å²) in [4.78, 5) is 29.8. The molecule has 2 aromatic rings. The lowest BCUT2D eigenvalue weighted by atomic mass is 10.1. The highest BCUT2D eigenvalue weighted by atomic mass is 35.5. The van der Waals surface area contributed by atoms with E-state index in [0.29, 0.717) is 48.9 Å². The Morgan fingerprint density at radius 1 is 1.17 bits per heavy atom. The predicted molar refractivity (Wildman–Crippen MR) is 89.7 cm³/mol. The second kappa shape index (κ2) is 7.15. The number of amides is 1. The van der Waals surface area contributed by atoms with Crippen LogP contribution >= 0.6 is 11.6 Å². The van der Waals surface area contributed by atoms with E-state index in [-0.39, 0.29) is 17.3 Å². The number of piperazine rings is 1. The van der Waals surface area contributed by atoms with Crippen molar-refractivity contribution in [1.82, 2.24) is 14.8 Å². The SMILES string of the molecule is O=C(c1ccc(=O)[nH]c1)N1CCN(Cc2c(F)cccc2Cl)CC1. The van der Waals surface area contributed by atoms with Crippen molar-refractivity contribution in [3.8, 4) is 0 Å². The summed E-state index contributed by atoms with van der Waals surface area (Å²) in [5, 5.41) is 0.418. The van der Waals surface area contributed by atoms with E-state index in [2.05, 4.69) is 9.88 Å². The summed E-state index contributed by atoms with van der Waals surface area (Å²) < 4.78 is 13.9. The molecule has 0 bridgehead atoms. The fourth-order valence-corrected chi connectivity index (χ4v) is 2.97. The van der Waals surface area contributed by atoms with Gasteiger partial charge in [-0.1, -0.05) is 17.7 Å². The minimum atomic E-state index is -0.311. The Labute approximate surface area is 143 Å². The van der Waals surface area contributed by atoms with Crippen LogP contribution in [0.1, 0.15) is 15.9 Å². The van der Waals surface area contributed by atoms with Crippen LogP contribution in [0.3, 0.4) is 0 Å². The van der Waals surface area contributed by atoms with Gasteiger partial charge in [-0.25, -0.2) is 4.39 Å². The second-order valence-electron chi connectivity index (χ2n) is 5.71. The Bertz CT molecular complexity index is 760. The number of hydrogen-bond acceptors (Lipinski definition) is 3. The zero-order valence-corrected chi connectivity index (χ0v) is 13.7. The molecule has 1 saturated heterocycles. The minimum absolute atomic E-state index is 0.116. The van der Waals surface area contributed by atoms with E-state index in [0.717, 1.165) is 0 Å². The first-order valence-electron chi connectivity index (χ1n) is 7.68. The van der Waals surface area contributed by atoms with Crippen LogP contribution in [0, 0.1) is 5.82 Å². The standard InChI is InChI=1S/C17H17ClFN3O2/c18-14-2-1-3-15(19)13(14)11-21-6-8-22(9-7-21)17(24)12-4-5-16(23)20-10-12/h1-5,10H,6-9,11H2,(H,20,23). The number of aromatic amines is 1. The molecule has 24 heavy (non-hydrogen) atoms. The predicted octanol–water partition coefficient (Wildman–Crippen LogP) is 2.13. The summed E-state index contributed by atoms with van der Waals surface area (Å²) in [5.41, 5.74) is 0.706. The molecule has 1 aromatic heterocycles. The van der Waals surface area contributed by atoms with Gasteiger partial charge in [-0.3, -0.25) is 14.5 Å². The van der Waals surface area contributed by atoms with Crippen LogP contribution in [0.2, 0.25) is 5.02 Å². The molecule has 1 aromatic carbocycles. The maximum absolute atomic E-state index is 13.9. The highest BCUT2D eigenvalue weighted by molar-refractivity contribution is 6.31. The van der Waals surface area contributed by atoms with E-state index in [1.807, 2.05) is 0 Å². The third kappa shape index (κ3) is 3.66. The number of H-pyrrole nitrogens is 1. The largest absolute Gasteiger partial charge is 0.336 e. The van der Waals surface area contributed by atoms with Gasteiger partial charge >= 0.3 is 0 Å². The van der Waals surface area contributed by atoms with Gasteiger partial charge in [-0.15, -0.1) is 0 Å². The molecule has 1 N–H and O–H groups in total. The molecule has 5 nitrogen and oxygen atoms in total. The average Bonchev–Trinajstić information content (AvgIpc) is 2.59. The highest BCUT2D eigenvalue weighted by Crippen LogP contribution is 2.21. The Morgan fingerprint density at radius 2 is 1.92 bits per heavy atom. The van der Waals surface area contributed by atoms with Gasteiger partial charge in [0.15, 0.2) is 0 Å². The summed E-state index contributed by atoms with van der Waals surface area (Å²) in [5.74, 6) is -0.427. The van der Waals surface area contributed by atoms with E-state index in [9.17, 15) is 14.0 Å². The van der Waals surface area contributed by atoms with E-state index < -0.39 is 0 Å². The number of nitrogens with one attached hydrogen (secondary N) is 1. The van der Waals surface area contributed by atoms with Crippen molar-refractivity contribution in [1.29, 1.82) is 0 Å². The first-order chi connectivity index (χ1) is 11.5. The van der Waals surface area contributed by atoms with Gasteiger partial charge in [0.2, 0.25) is 5.56 Å². The van der Waals surface area contributed by atoms with E-state index in [1.165, 1.54) is 24.4 Å². The summed E-state index contributed by atoms with van der Waals surface area (Å²) in [7, 11) is 0. The third-order valence-corrected chi connectivity index (χ3v) is 4.49. The normalized spacial score (nSPS) is 15.5. The molecule has 1 amide bonds. The number of nitrogens with zero attached hydrogens (tertiary/aromatic N) is 2. The van der Waals surface area contributed by atoms with Crippen LogP contribution in [0.25, 0.3) is 0 Å². The van der Waals surface area contributed by atoms with Crippen molar-refractivity contribution >= 4 is 17.5 Å². The maximum atomic E-state index is 13.9. The molecule has 0 unspecified atom stereocenters. The number of carbonyl (C=O) groups is 1. The molecular weight excluding hydrogens is 333 g/mol. The summed E-state index contributed by atoms with van der Waals surface area (Å²) in [6.07, 6.45) is 1.43. The van der Waals surface area contributed by atoms with Crippen LogP contribution in [0.4, 0.5) is 4.39 Å². The topological polar surface area (TPSA) is 56.4 Å². The average molecular weight is 350 g/mol. The molecule has 2 heterocycles. The highest BCUT2D eigenvalue weighted by Gasteiger charge is 2.23. The molecular formula is C17H17ClFN3O2. The molecule has 7 heteroatoms. The number of halogens is 2. The lowest BCUT2D eigenvalue weighted by Crippen LogP contribution is -2.48. The number of pyridine rings is 1. The molecule has 1 fully saturated rings. The Kier molecular flexibility index (Phi) is 4.97. The fourth-order valence-electron chi connectivity index (χ4n) is 2.74. The number of aromatic nitrogens is 1. The van der Waals surface area contributed by atoms with Gasteiger partial charge < -0.3 is 9.88 Å². The Balaban J connectivity index is 1.60. The number of rotatable bonds is 3. The Morgan fingerprint density at radius 3 is 2.54 bits per heavy atom. The molecule has 1 aliphatic heterocycles. The van der Waals surface area contributed by atoms with Crippen LogP contribution < -0.4 is 5.56 Å². The van der Waals surface area contributed by atoms with Gasteiger partial charge in [0.1, 0.15) is 5.82 Å². The minimum Gasteiger partial charge on any atom is -0.336 e. The van der Waals surface area contributed by atoms with Crippen molar-refractivity contribution in [2.45, 2.75) is 6.54 Å². The molecule has 0 atom stereocenters. The van der Waals surface area contributed by atoms with Crippen LogP contribution in [0.15, 0.2) is 41.3 Å². The number of carbonyl (C=O) groups excluding carboxylic acids is 1. The second-order valence-corrected chi connectivity index (χ2v) is 6.12. The smallest absolute Gasteiger partial charge is 0.255 e. The van der Waals surface area contributed by atoms with Crippen LogP contribution in [0.5, 0.6) is 0 Å². The quantitative estimate of drug-likeness (QED) is 0.923. The van der Waals surface area contributed by atoms with Crippen molar-refractivity contribution in [3.63, 3.8) is 0 Å². The molecule has 1 aliphatic rings. The van der Waals surface area contributed by atoms with E-state index in [4.69, 9.17) is 11.6 Å². The molecule has 0 radical (unpaired) electrons. The molecule has 126 valence electrons. The van der Waals surface area contributed by atoms with Crippen molar-refractivity contribution < 1.29 is 9.18 Å². The van der Waals surface area contributed by atoms with Gasteiger partial charge in [0.25, 0.3) is 5.91 Å². The zero-order valence-electron chi connectivity index (χ0n) is 13.0. The maximum Gasteiger partial charge on any atom is 0.255 e. The molecule has 0 aliphatic carbocycles. The van der Waals surface area contributed by atoms with Crippen LogP contribution in [-0.4, -0.2) is 46.9 Å². The number of hydrogen-bond donors (Lipinski definition) is 1.